The van der Waals surface area contributed by atoms with Gasteiger partial charge in [0.25, 0.3) is 0 Å². The lowest BCUT2D eigenvalue weighted by Crippen LogP contribution is -2.31. The van der Waals surface area contributed by atoms with E-state index in [1.165, 1.54) is 26.4 Å². The molecule has 3 nitrogen and oxygen atoms in total. The second-order valence-corrected chi connectivity index (χ2v) is 5.45. The molecule has 5 heteroatoms. The van der Waals surface area contributed by atoms with Gasteiger partial charge < -0.3 is 14.8 Å². The summed E-state index contributed by atoms with van der Waals surface area (Å²) in [6.45, 7) is -0.656. The van der Waals surface area contributed by atoms with E-state index in [2.05, 4.69) is 17.0 Å². The molecule has 2 rings (SSSR count). The second-order valence-electron chi connectivity index (χ2n) is 5.45. The molecular weight excluding hydrogens is 276 g/mol. The Morgan fingerprint density at radius 3 is 2.67 bits per heavy atom. The first-order valence-electron chi connectivity index (χ1n) is 7.53. The molecule has 2 unspecified atom stereocenters. The fourth-order valence-electron chi connectivity index (χ4n) is 3.05. The van der Waals surface area contributed by atoms with Crippen molar-refractivity contribution in [3.8, 4) is 11.5 Å². The predicted octanol–water partition coefficient (Wildman–Crippen LogP) is 4.68. The largest absolute Gasteiger partial charge is 0.493 e. The van der Waals surface area contributed by atoms with Gasteiger partial charge in [-0.2, -0.15) is 8.78 Å². The Bertz CT molecular complexity index is 454. The zero-order chi connectivity index (χ0) is 15.2. The molecular formula is C16H23F2NO2. The maximum absolute atomic E-state index is 12.4. The lowest BCUT2D eigenvalue weighted by Gasteiger charge is -2.32. The van der Waals surface area contributed by atoms with Gasteiger partial charge in [0.15, 0.2) is 11.5 Å². The molecule has 1 aliphatic carbocycles. The first kappa shape index (κ1) is 15.9. The Balaban J connectivity index is 2.12. The van der Waals surface area contributed by atoms with Crippen LogP contribution in [-0.4, -0.2) is 19.8 Å². The molecule has 1 saturated carbocycles. The van der Waals surface area contributed by atoms with E-state index in [1.807, 2.05) is 6.07 Å². The third kappa shape index (κ3) is 4.22. The van der Waals surface area contributed by atoms with E-state index in [0.717, 1.165) is 18.5 Å². The van der Waals surface area contributed by atoms with Crippen molar-refractivity contribution in [2.75, 3.05) is 12.4 Å². The molecule has 0 heterocycles. The van der Waals surface area contributed by atoms with Crippen molar-refractivity contribution in [2.24, 2.45) is 5.92 Å². The highest BCUT2D eigenvalue weighted by molar-refractivity contribution is 5.55. The Labute approximate surface area is 124 Å². The SMILES string of the molecule is CCC1CCCCC1Nc1ccc(OC)c(OC(F)F)c1. The fraction of sp³-hybridized carbons (Fsp3) is 0.625. The highest BCUT2D eigenvalue weighted by atomic mass is 19.3. The summed E-state index contributed by atoms with van der Waals surface area (Å²) >= 11 is 0. The monoisotopic (exact) mass is 299 g/mol. The Morgan fingerprint density at radius 2 is 2.00 bits per heavy atom. The van der Waals surface area contributed by atoms with Crippen molar-refractivity contribution in [1.29, 1.82) is 0 Å². The minimum atomic E-state index is -2.85. The summed E-state index contributed by atoms with van der Waals surface area (Å²) in [4.78, 5) is 0. The summed E-state index contributed by atoms with van der Waals surface area (Å²) in [5, 5.41) is 3.47. The molecule has 21 heavy (non-hydrogen) atoms. The van der Waals surface area contributed by atoms with Crippen LogP contribution >= 0.6 is 0 Å². The van der Waals surface area contributed by atoms with E-state index < -0.39 is 6.61 Å². The van der Waals surface area contributed by atoms with Crippen molar-refractivity contribution in [3.63, 3.8) is 0 Å². The average molecular weight is 299 g/mol. The molecule has 118 valence electrons. The van der Waals surface area contributed by atoms with E-state index in [9.17, 15) is 8.78 Å². The molecule has 0 spiro atoms. The van der Waals surface area contributed by atoms with Gasteiger partial charge >= 0.3 is 6.61 Å². The standard InChI is InChI=1S/C16H23F2NO2/c1-3-11-6-4-5-7-13(11)19-12-8-9-14(20-2)15(10-12)21-16(17)18/h8-11,13,16,19H,3-7H2,1-2H3. The smallest absolute Gasteiger partial charge is 0.387 e. The van der Waals surface area contributed by atoms with Gasteiger partial charge in [0.1, 0.15) is 0 Å². The van der Waals surface area contributed by atoms with Gasteiger partial charge in [-0.15, -0.1) is 0 Å². The lowest BCUT2D eigenvalue weighted by molar-refractivity contribution is -0.0511. The first-order valence-corrected chi connectivity index (χ1v) is 7.53. The topological polar surface area (TPSA) is 30.5 Å². The molecule has 0 bridgehead atoms. The van der Waals surface area contributed by atoms with Crippen LogP contribution in [0.25, 0.3) is 0 Å². The fourth-order valence-corrected chi connectivity index (χ4v) is 3.05. The number of hydrogen-bond acceptors (Lipinski definition) is 3. The van der Waals surface area contributed by atoms with Crippen LogP contribution in [-0.2, 0) is 0 Å². The van der Waals surface area contributed by atoms with Crippen molar-refractivity contribution >= 4 is 5.69 Å². The van der Waals surface area contributed by atoms with Crippen LogP contribution in [0.4, 0.5) is 14.5 Å². The molecule has 1 aliphatic rings. The molecule has 2 atom stereocenters. The zero-order valence-corrected chi connectivity index (χ0v) is 12.6. The molecule has 0 radical (unpaired) electrons. The highest BCUT2D eigenvalue weighted by Gasteiger charge is 2.23. The van der Waals surface area contributed by atoms with E-state index in [0.29, 0.717) is 17.7 Å². The van der Waals surface area contributed by atoms with Crippen molar-refractivity contribution in [1.82, 2.24) is 0 Å². The summed E-state index contributed by atoms with van der Waals surface area (Å²) in [5.74, 6) is 1.03. The quantitative estimate of drug-likeness (QED) is 0.827. The zero-order valence-electron chi connectivity index (χ0n) is 12.6. The Hall–Kier alpha value is -1.52. The van der Waals surface area contributed by atoms with Crippen LogP contribution in [0.1, 0.15) is 39.0 Å². The van der Waals surface area contributed by atoms with Gasteiger partial charge in [-0.25, -0.2) is 0 Å². The van der Waals surface area contributed by atoms with E-state index in [4.69, 9.17) is 4.74 Å². The van der Waals surface area contributed by atoms with Crippen LogP contribution in [0.2, 0.25) is 0 Å². The molecule has 1 aromatic rings. The number of alkyl halides is 2. The van der Waals surface area contributed by atoms with Gasteiger partial charge in [-0.3, -0.25) is 0 Å². The Kier molecular flexibility index (Phi) is 5.65. The number of methoxy groups -OCH3 is 1. The van der Waals surface area contributed by atoms with Crippen LogP contribution in [0.3, 0.4) is 0 Å². The summed E-state index contributed by atoms with van der Waals surface area (Å²) in [6.07, 6.45) is 5.97. The van der Waals surface area contributed by atoms with E-state index >= 15 is 0 Å². The number of anilines is 1. The molecule has 0 aromatic heterocycles. The molecule has 1 N–H and O–H groups in total. The van der Waals surface area contributed by atoms with Gasteiger partial charge in [0.2, 0.25) is 0 Å². The van der Waals surface area contributed by atoms with Gasteiger partial charge in [0.05, 0.1) is 7.11 Å². The van der Waals surface area contributed by atoms with Crippen molar-refractivity contribution in [2.45, 2.75) is 51.7 Å². The molecule has 1 fully saturated rings. The number of ether oxygens (including phenoxy) is 2. The summed E-state index contributed by atoms with van der Waals surface area (Å²) < 4.78 is 34.5. The highest BCUT2D eigenvalue weighted by Crippen LogP contribution is 2.34. The average Bonchev–Trinajstić information content (AvgIpc) is 2.47. The maximum Gasteiger partial charge on any atom is 0.387 e. The van der Waals surface area contributed by atoms with Crippen LogP contribution in [0.15, 0.2) is 18.2 Å². The lowest BCUT2D eigenvalue weighted by atomic mass is 9.83. The molecule has 0 aliphatic heterocycles. The number of benzene rings is 1. The molecule has 1 aromatic carbocycles. The van der Waals surface area contributed by atoms with Crippen LogP contribution in [0.5, 0.6) is 11.5 Å². The minimum Gasteiger partial charge on any atom is -0.493 e. The predicted molar refractivity (Wildman–Crippen MR) is 79.3 cm³/mol. The second kappa shape index (κ2) is 7.48. The minimum absolute atomic E-state index is 0.0707. The number of rotatable bonds is 6. The summed E-state index contributed by atoms with van der Waals surface area (Å²) in [5.41, 5.74) is 0.803. The first-order chi connectivity index (χ1) is 10.1. The third-order valence-electron chi connectivity index (χ3n) is 4.17. The van der Waals surface area contributed by atoms with Gasteiger partial charge in [-0.05, 0) is 30.9 Å². The van der Waals surface area contributed by atoms with Crippen molar-refractivity contribution < 1.29 is 18.3 Å². The number of hydrogen-bond donors (Lipinski definition) is 1. The van der Waals surface area contributed by atoms with Crippen LogP contribution in [0, 0.1) is 5.92 Å². The van der Waals surface area contributed by atoms with Gasteiger partial charge in [0, 0.05) is 17.8 Å². The van der Waals surface area contributed by atoms with E-state index in [-0.39, 0.29) is 5.75 Å². The molecule has 0 amide bonds. The Morgan fingerprint density at radius 1 is 1.24 bits per heavy atom. The van der Waals surface area contributed by atoms with Crippen LogP contribution < -0.4 is 14.8 Å². The summed E-state index contributed by atoms with van der Waals surface area (Å²) in [7, 11) is 1.44. The third-order valence-corrected chi connectivity index (χ3v) is 4.17. The van der Waals surface area contributed by atoms with Gasteiger partial charge in [-0.1, -0.05) is 26.2 Å². The summed E-state index contributed by atoms with van der Waals surface area (Å²) in [6, 6.07) is 5.49. The van der Waals surface area contributed by atoms with E-state index in [1.54, 1.807) is 12.1 Å². The van der Waals surface area contributed by atoms with Crippen molar-refractivity contribution in [3.05, 3.63) is 18.2 Å². The number of nitrogens with one attached hydrogen (secondary N) is 1. The molecule has 0 saturated heterocycles. The number of halogens is 2. The normalized spacial score (nSPS) is 22.1. The maximum atomic E-state index is 12.4.